The third-order valence-electron chi connectivity index (χ3n) is 3.60. The van der Waals surface area contributed by atoms with E-state index in [-0.39, 0.29) is 6.03 Å². The van der Waals surface area contributed by atoms with Crippen LogP contribution in [0.25, 0.3) is 0 Å². The molecular formula is C15H25N3OS2. The average molecular weight is 328 g/mol. The van der Waals surface area contributed by atoms with Crippen molar-refractivity contribution in [2.45, 2.75) is 44.8 Å². The van der Waals surface area contributed by atoms with Crippen molar-refractivity contribution in [2.24, 2.45) is 0 Å². The molecular weight excluding hydrogens is 302 g/mol. The zero-order valence-corrected chi connectivity index (χ0v) is 14.6. The Morgan fingerprint density at radius 2 is 2.43 bits per heavy atom. The lowest BCUT2D eigenvalue weighted by Crippen LogP contribution is -2.43. The first kappa shape index (κ1) is 16.6. The van der Waals surface area contributed by atoms with Crippen LogP contribution in [0.2, 0.25) is 0 Å². The van der Waals surface area contributed by atoms with Gasteiger partial charge in [-0.3, -0.25) is 0 Å². The summed E-state index contributed by atoms with van der Waals surface area (Å²) in [5.41, 5.74) is 0. The van der Waals surface area contributed by atoms with E-state index < -0.39 is 0 Å². The molecule has 1 N–H and O–H groups in total. The number of amides is 2. The molecule has 0 saturated carbocycles. The van der Waals surface area contributed by atoms with E-state index in [0.29, 0.717) is 11.8 Å². The number of aromatic nitrogens is 1. The van der Waals surface area contributed by atoms with Gasteiger partial charge < -0.3 is 10.2 Å². The number of nitrogens with one attached hydrogen (secondary N) is 1. The summed E-state index contributed by atoms with van der Waals surface area (Å²) in [6, 6.07) is 0.0897. The van der Waals surface area contributed by atoms with Gasteiger partial charge in [0.1, 0.15) is 0 Å². The Labute approximate surface area is 135 Å². The maximum Gasteiger partial charge on any atom is 0.317 e. The van der Waals surface area contributed by atoms with Gasteiger partial charge in [-0.1, -0.05) is 13.3 Å². The van der Waals surface area contributed by atoms with Gasteiger partial charge in [-0.15, -0.1) is 11.3 Å². The van der Waals surface area contributed by atoms with Gasteiger partial charge in [0, 0.05) is 42.4 Å². The summed E-state index contributed by atoms with van der Waals surface area (Å²) in [5, 5.41) is 4.75. The zero-order chi connectivity index (χ0) is 15.1. The summed E-state index contributed by atoms with van der Waals surface area (Å²) in [4.78, 5) is 19.8. The topological polar surface area (TPSA) is 45.2 Å². The minimum Gasteiger partial charge on any atom is -0.338 e. The van der Waals surface area contributed by atoms with E-state index in [2.05, 4.69) is 24.1 Å². The highest BCUT2D eigenvalue weighted by Gasteiger charge is 2.21. The molecule has 2 amide bonds. The molecule has 0 spiro atoms. The Balaban J connectivity index is 1.75. The quantitative estimate of drug-likeness (QED) is 0.902. The van der Waals surface area contributed by atoms with E-state index in [0.717, 1.165) is 36.7 Å². The summed E-state index contributed by atoms with van der Waals surface area (Å²) < 4.78 is 0. The second kappa shape index (κ2) is 8.63. The smallest absolute Gasteiger partial charge is 0.317 e. The number of nitrogens with zero attached hydrogens (tertiary/aromatic N) is 2. The summed E-state index contributed by atoms with van der Waals surface area (Å²) in [6.45, 7) is 6.70. The Bertz CT molecular complexity index is 450. The van der Waals surface area contributed by atoms with Crippen LogP contribution in [0.4, 0.5) is 4.79 Å². The lowest BCUT2D eigenvalue weighted by atomic mass is 10.2. The molecule has 0 aliphatic carbocycles. The second-order valence-corrected chi connectivity index (χ2v) is 8.26. The SMILES string of the molecule is CCSC1CCCCN(C(=O)NCCc2ncc(C)s2)C1. The van der Waals surface area contributed by atoms with Crippen molar-refractivity contribution < 1.29 is 4.79 Å². The molecule has 6 heteroatoms. The van der Waals surface area contributed by atoms with Crippen LogP contribution in [0.3, 0.4) is 0 Å². The first-order chi connectivity index (χ1) is 10.2. The molecule has 0 aromatic carbocycles. The van der Waals surface area contributed by atoms with Gasteiger partial charge in [-0.2, -0.15) is 11.8 Å². The standard InChI is InChI=1S/C15H25N3OS2/c1-3-20-13-6-4-5-9-18(11-13)15(19)16-8-7-14-17-10-12(2)21-14/h10,13H,3-9,11H2,1-2H3,(H,16,19). The van der Waals surface area contributed by atoms with E-state index >= 15 is 0 Å². The molecule has 0 radical (unpaired) electrons. The molecule has 1 unspecified atom stereocenters. The highest BCUT2D eigenvalue weighted by atomic mass is 32.2. The molecule has 1 aliphatic rings. The van der Waals surface area contributed by atoms with E-state index in [1.54, 1.807) is 11.3 Å². The predicted octanol–water partition coefficient (Wildman–Crippen LogP) is 3.31. The first-order valence-corrected chi connectivity index (χ1v) is 9.61. The highest BCUT2D eigenvalue weighted by molar-refractivity contribution is 7.99. The number of thiazole rings is 1. The van der Waals surface area contributed by atoms with Crippen LogP contribution in [0.5, 0.6) is 0 Å². The number of thioether (sulfide) groups is 1. The van der Waals surface area contributed by atoms with Crippen LogP contribution in [-0.2, 0) is 6.42 Å². The summed E-state index contributed by atoms with van der Waals surface area (Å²) in [7, 11) is 0. The van der Waals surface area contributed by atoms with Crippen LogP contribution in [-0.4, -0.2) is 46.6 Å². The number of hydrogen-bond donors (Lipinski definition) is 1. The number of carbonyl (C=O) groups is 1. The zero-order valence-electron chi connectivity index (χ0n) is 12.9. The molecule has 1 fully saturated rings. The number of urea groups is 1. The number of carbonyl (C=O) groups excluding carboxylic acids is 1. The number of rotatable bonds is 5. The Kier molecular flexibility index (Phi) is 6.83. The highest BCUT2D eigenvalue weighted by Crippen LogP contribution is 2.22. The molecule has 4 nitrogen and oxygen atoms in total. The van der Waals surface area contributed by atoms with Crippen LogP contribution < -0.4 is 5.32 Å². The largest absolute Gasteiger partial charge is 0.338 e. The monoisotopic (exact) mass is 327 g/mol. The van der Waals surface area contributed by atoms with E-state index in [1.165, 1.54) is 17.7 Å². The molecule has 1 atom stereocenters. The van der Waals surface area contributed by atoms with Crippen LogP contribution in [0, 0.1) is 6.92 Å². The fourth-order valence-electron chi connectivity index (χ4n) is 2.56. The van der Waals surface area contributed by atoms with Crippen molar-refractivity contribution in [3.8, 4) is 0 Å². The van der Waals surface area contributed by atoms with Gasteiger partial charge >= 0.3 is 6.03 Å². The Morgan fingerprint density at radius 3 is 3.14 bits per heavy atom. The van der Waals surface area contributed by atoms with Gasteiger partial charge in [-0.05, 0) is 25.5 Å². The minimum absolute atomic E-state index is 0.0897. The summed E-state index contributed by atoms with van der Waals surface area (Å²) in [6.07, 6.45) is 6.31. The van der Waals surface area contributed by atoms with Crippen LogP contribution in [0.1, 0.15) is 36.1 Å². The van der Waals surface area contributed by atoms with Crippen LogP contribution >= 0.6 is 23.1 Å². The van der Waals surface area contributed by atoms with Gasteiger partial charge in [0.15, 0.2) is 0 Å². The predicted molar refractivity (Wildman–Crippen MR) is 91.3 cm³/mol. The molecule has 1 aromatic rings. The second-order valence-electron chi connectivity index (χ2n) is 5.37. The maximum absolute atomic E-state index is 12.3. The maximum atomic E-state index is 12.3. The van der Waals surface area contributed by atoms with Gasteiger partial charge in [0.25, 0.3) is 0 Å². The van der Waals surface area contributed by atoms with Crippen molar-refractivity contribution in [1.29, 1.82) is 0 Å². The van der Waals surface area contributed by atoms with Gasteiger partial charge in [-0.25, -0.2) is 9.78 Å². The molecule has 2 rings (SSSR count). The number of aryl methyl sites for hydroxylation is 1. The van der Waals surface area contributed by atoms with Crippen LogP contribution in [0.15, 0.2) is 6.20 Å². The average Bonchev–Trinajstić information content (AvgIpc) is 2.73. The fraction of sp³-hybridized carbons (Fsp3) is 0.733. The Hall–Kier alpha value is -0.750. The lowest BCUT2D eigenvalue weighted by Gasteiger charge is -2.24. The van der Waals surface area contributed by atoms with E-state index in [4.69, 9.17) is 0 Å². The number of hydrogen-bond acceptors (Lipinski definition) is 4. The summed E-state index contributed by atoms with van der Waals surface area (Å²) in [5.74, 6) is 1.13. The minimum atomic E-state index is 0.0897. The lowest BCUT2D eigenvalue weighted by molar-refractivity contribution is 0.200. The van der Waals surface area contributed by atoms with Crippen molar-refractivity contribution in [3.05, 3.63) is 16.1 Å². The molecule has 1 saturated heterocycles. The van der Waals surface area contributed by atoms with E-state index in [1.807, 2.05) is 22.9 Å². The van der Waals surface area contributed by atoms with Crippen molar-refractivity contribution >= 4 is 29.1 Å². The normalized spacial score (nSPS) is 19.3. The number of likely N-dealkylation sites (tertiary alicyclic amines) is 1. The molecule has 21 heavy (non-hydrogen) atoms. The van der Waals surface area contributed by atoms with Crippen molar-refractivity contribution in [2.75, 3.05) is 25.4 Å². The summed E-state index contributed by atoms with van der Waals surface area (Å²) >= 11 is 3.69. The molecule has 118 valence electrons. The molecule has 0 bridgehead atoms. The first-order valence-electron chi connectivity index (χ1n) is 7.74. The van der Waals surface area contributed by atoms with Gasteiger partial charge in [0.2, 0.25) is 0 Å². The molecule has 1 aliphatic heterocycles. The van der Waals surface area contributed by atoms with Gasteiger partial charge in [0.05, 0.1) is 5.01 Å². The molecule has 1 aromatic heterocycles. The van der Waals surface area contributed by atoms with Crippen molar-refractivity contribution in [1.82, 2.24) is 15.2 Å². The van der Waals surface area contributed by atoms with Crippen molar-refractivity contribution in [3.63, 3.8) is 0 Å². The molecule has 2 heterocycles. The third kappa shape index (κ3) is 5.51. The fourth-order valence-corrected chi connectivity index (χ4v) is 4.44. The third-order valence-corrected chi connectivity index (χ3v) is 5.76. The Morgan fingerprint density at radius 1 is 1.57 bits per heavy atom. The van der Waals surface area contributed by atoms with E-state index in [9.17, 15) is 4.79 Å².